The highest BCUT2D eigenvalue weighted by atomic mass is 79.9. The van der Waals surface area contributed by atoms with Gasteiger partial charge in [0.2, 0.25) is 5.91 Å². The normalized spacial score (nSPS) is 19.3. The van der Waals surface area contributed by atoms with Crippen LogP contribution in [0.5, 0.6) is 0 Å². The molecule has 1 aliphatic rings. The van der Waals surface area contributed by atoms with Crippen LogP contribution in [0, 0.1) is 0 Å². The summed E-state index contributed by atoms with van der Waals surface area (Å²) in [6, 6.07) is 3.15. The molecule has 1 atom stereocenters. The van der Waals surface area contributed by atoms with Gasteiger partial charge in [-0.2, -0.15) is 0 Å². The van der Waals surface area contributed by atoms with Crippen molar-refractivity contribution in [3.63, 3.8) is 0 Å². The summed E-state index contributed by atoms with van der Waals surface area (Å²) >= 11 is 3.20. The molecule has 1 aromatic rings. The number of rotatable bonds is 2. The highest BCUT2D eigenvalue weighted by Gasteiger charge is 2.23. The van der Waals surface area contributed by atoms with Crippen LogP contribution in [0.25, 0.3) is 0 Å². The summed E-state index contributed by atoms with van der Waals surface area (Å²) in [6.45, 7) is 0.497. The molecule has 1 fully saturated rings. The molecule has 0 aromatic carbocycles. The Bertz CT molecular complexity index is 436. The van der Waals surface area contributed by atoms with Crippen LogP contribution >= 0.6 is 15.9 Å². The second-order valence-corrected chi connectivity index (χ2v) is 4.36. The van der Waals surface area contributed by atoms with Gasteiger partial charge in [-0.15, -0.1) is 0 Å². The minimum atomic E-state index is -0.190. The molecule has 1 aromatic heterocycles. The van der Waals surface area contributed by atoms with Crippen molar-refractivity contribution >= 4 is 27.7 Å². The molecule has 1 aliphatic heterocycles. The van der Waals surface area contributed by atoms with E-state index in [9.17, 15) is 9.59 Å². The molecule has 0 saturated carbocycles. The molecule has 6 heteroatoms. The molecule has 84 valence electrons. The molecule has 2 rings (SSSR count). The van der Waals surface area contributed by atoms with Crippen LogP contribution in [0.15, 0.2) is 22.9 Å². The van der Waals surface area contributed by atoms with Gasteiger partial charge in [0.15, 0.2) is 0 Å². The average molecular weight is 284 g/mol. The van der Waals surface area contributed by atoms with Gasteiger partial charge < -0.3 is 10.6 Å². The molecule has 2 amide bonds. The molecule has 16 heavy (non-hydrogen) atoms. The van der Waals surface area contributed by atoms with Gasteiger partial charge in [-0.05, 0) is 28.1 Å². The molecule has 0 bridgehead atoms. The number of carbonyl (C=O) groups excluding carboxylic acids is 2. The summed E-state index contributed by atoms with van der Waals surface area (Å²) in [4.78, 5) is 26.6. The summed E-state index contributed by atoms with van der Waals surface area (Å²) in [5.41, 5.74) is 0.529. The van der Waals surface area contributed by atoms with Crippen molar-refractivity contribution in [2.45, 2.75) is 12.5 Å². The molecular weight excluding hydrogens is 274 g/mol. The number of hydrogen-bond donors (Lipinski definition) is 2. The number of aromatic nitrogens is 1. The fourth-order valence-corrected chi connectivity index (χ4v) is 1.88. The van der Waals surface area contributed by atoms with Crippen LogP contribution in [0.4, 0.5) is 0 Å². The first-order valence-corrected chi connectivity index (χ1v) is 5.63. The molecular formula is C10H10BrN3O2. The van der Waals surface area contributed by atoms with Gasteiger partial charge in [-0.1, -0.05) is 0 Å². The van der Waals surface area contributed by atoms with Gasteiger partial charge in [0.25, 0.3) is 5.91 Å². The number of nitrogens with one attached hydrogen (secondary N) is 2. The predicted octanol–water partition coefficient (Wildman–Crippen LogP) is 0.462. The Morgan fingerprint density at radius 1 is 1.62 bits per heavy atom. The number of carbonyl (C=O) groups is 2. The summed E-state index contributed by atoms with van der Waals surface area (Å²) in [7, 11) is 0. The number of amides is 2. The van der Waals surface area contributed by atoms with E-state index in [-0.39, 0.29) is 17.9 Å². The minimum Gasteiger partial charge on any atom is -0.354 e. The van der Waals surface area contributed by atoms with Crippen molar-refractivity contribution in [2.75, 3.05) is 6.54 Å². The summed E-state index contributed by atoms with van der Waals surface area (Å²) < 4.78 is 0.612. The highest BCUT2D eigenvalue weighted by molar-refractivity contribution is 9.10. The van der Waals surface area contributed by atoms with Gasteiger partial charge in [0, 0.05) is 24.7 Å². The van der Waals surface area contributed by atoms with E-state index in [2.05, 4.69) is 31.5 Å². The van der Waals surface area contributed by atoms with E-state index >= 15 is 0 Å². The van der Waals surface area contributed by atoms with Gasteiger partial charge >= 0.3 is 0 Å². The van der Waals surface area contributed by atoms with Crippen LogP contribution in [-0.4, -0.2) is 29.4 Å². The van der Waals surface area contributed by atoms with Gasteiger partial charge in [0.1, 0.15) is 4.60 Å². The SMILES string of the molecule is O=C1CC(NC(=O)c2ccnc(Br)c2)CN1. The summed E-state index contributed by atoms with van der Waals surface area (Å²) in [6.07, 6.45) is 1.90. The Morgan fingerprint density at radius 3 is 3.06 bits per heavy atom. The third-order valence-electron chi connectivity index (χ3n) is 2.30. The fourth-order valence-electron chi connectivity index (χ4n) is 1.52. The Kier molecular flexibility index (Phi) is 3.19. The lowest BCUT2D eigenvalue weighted by Crippen LogP contribution is -2.36. The van der Waals surface area contributed by atoms with Crippen LogP contribution in [0.1, 0.15) is 16.8 Å². The molecule has 1 unspecified atom stereocenters. The van der Waals surface area contributed by atoms with Crippen LogP contribution in [0.3, 0.4) is 0 Å². The molecule has 0 radical (unpaired) electrons. The maximum absolute atomic E-state index is 11.8. The number of nitrogens with zero attached hydrogens (tertiary/aromatic N) is 1. The van der Waals surface area contributed by atoms with Gasteiger partial charge in [-0.3, -0.25) is 9.59 Å². The standard InChI is InChI=1S/C10H10BrN3O2/c11-8-3-6(1-2-12-8)10(16)14-7-4-9(15)13-5-7/h1-3,7H,4-5H2,(H,13,15)(H,14,16). The van der Waals surface area contributed by atoms with Crippen molar-refractivity contribution in [3.05, 3.63) is 28.5 Å². The third-order valence-corrected chi connectivity index (χ3v) is 2.74. The van der Waals surface area contributed by atoms with Crippen molar-refractivity contribution in [1.29, 1.82) is 0 Å². The highest BCUT2D eigenvalue weighted by Crippen LogP contribution is 2.09. The van der Waals surface area contributed by atoms with Gasteiger partial charge in [0.05, 0.1) is 6.04 Å². The zero-order valence-electron chi connectivity index (χ0n) is 8.37. The molecule has 1 saturated heterocycles. The first-order chi connectivity index (χ1) is 7.65. The largest absolute Gasteiger partial charge is 0.354 e. The van der Waals surface area contributed by atoms with E-state index in [1.807, 2.05) is 0 Å². The molecule has 2 heterocycles. The smallest absolute Gasteiger partial charge is 0.251 e. The monoisotopic (exact) mass is 283 g/mol. The second-order valence-electron chi connectivity index (χ2n) is 3.55. The second kappa shape index (κ2) is 4.61. The first kappa shape index (κ1) is 11.1. The lowest BCUT2D eigenvalue weighted by Gasteiger charge is -2.10. The Balaban J connectivity index is 2.00. The topological polar surface area (TPSA) is 71.1 Å². The number of pyridine rings is 1. The van der Waals surface area contributed by atoms with Gasteiger partial charge in [-0.25, -0.2) is 4.98 Å². The third kappa shape index (κ3) is 2.57. The van der Waals surface area contributed by atoms with Crippen molar-refractivity contribution < 1.29 is 9.59 Å². The lowest BCUT2D eigenvalue weighted by atomic mass is 10.2. The lowest BCUT2D eigenvalue weighted by molar-refractivity contribution is -0.119. The molecule has 0 spiro atoms. The van der Waals surface area contributed by atoms with Crippen molar-refractivity contribution in [2.24, 2.45) is 0 Å². The van der Waals surface area contributed by atoms with Crippen molar-refractivity contribution in [1.82, 2.24) is 15.6 Å². The van der Waals surface area contributed by atoms with Crippen LogP contribution in [-0.2, 0) is 4.79 Å². The minimum absolute atomic E-state index is 0.0267. The Morgan fingerprint density at radius 2 is 2.44 bits per heavy atom. The molecule has 2 N–H and O–H groups in total. The van der Waals surface area contributed by atoms with E-state index in [0.717, 1.165) is 0 Å². The van der Waals surface area contributed by atoms with Crippen LogP contribution in [0.2, 0.25) is 0 Å². The average Bonchev–Trinajstić information content (AvgIpc) is 2.64. The fraction of sp³-hybridized carbons (Fsp3) is 0.300. The van der Waals surface area contributed by atoms with E-state index < -0.39 is 0 Å². The van der Waals surface area contributed by atoms with Crippen LogP contribution < -0.4 is 10.6 Å². The maximum atomic E-state index is 11.8. The zero-order valence-corrected chi connectivity index (χ0v) is 9.95. The Hall–Kier alpha value is -1.43. The van der Waals surface area contributed by atoms with E-state index in [0.29, 0.717) is 23.1 Å². The van der Waals surface area contributed by atoms with Crippen molar-refractivity contribution in [3.8, 4) is 0 Å². The molecule has 0 aliphatic carbocycles. The van der Waals surface area contributed by atoms with E-state index in [4.69, 9.17) is 0 Å². The predicted molar refractivity (Wildman–Crippen MR) is 60.8 cm³/mol. The van der Waals surface area contributed by atoms with E-state index in [1.54, 1.807) is 18.3 Å². The first-order valence-electron chi connectivity index (χ1n) is 4.84. The quantitative estimate of drug-likeness (QED) is 0.775. The summed E-state index contributed by atoms with van der Waals surface area (Å²) in [5, 5.41) is 5.44. The molecule has 5 nitrogen and oxygen atoms in total. The summed E-state index contributed by atoms with van der Waals surface area (Å²) in [5.74, 6) is -0.217. The zero-order chi connectivity index (χ0) is 11.5. The maximum Gasteiger partial charge on any atom is 0.251 e. The number of hydrogen-bond acceptors (Lipinski definition) is 3. The number of halogens is 1. The van der Waals surface area contributed by atoms with E-state index in [1.165, 1.54) is 0 Å². The Labute approximate surface area is 101 Å².